The van der Waals surface area contributed by atoms with Crippen LogP contribution >= 0.6 is 0 Å². The fraction of sp³-hybridized carbons (Fsp3) is 0.619. The van der Waals surface area contributed by atoms with E-state index in [-0.39, 0.29) is 19.7 Å². The van der Waals surface area contributed by atoms with Gasteiger partial charge in [-0.15, -0.1) is 0 Å². The third-order valence-electron chi connectivity index (χ3n) is 5.73. The largest absolute Gasteiger partial charge is 0.480 e. The first kappa shape index (κ1) is 24.1. The van der Waals surface area contributed by atoms with Gasteiger partial charge in [0.15, 0.2) is 12.1 Å². The summed E-state index contributed by atoms with van der Waals surface area (Å²) in [5, 5.41) is 9.59. The SMILES string of the molecule is Cc1ccc(CN2CCN(C(=O)OC(C)C(F)(F)F)CC2)c(N2CCOCC2C(=O)O)c1. The van der Waals surface area contributed by atoms with Gasteiger partial charge in [0.1, 0.15) is 0 Å². The Morgan fingerprint density at radius 3 is 2.53 bits per heavy atom. The number of carboxylic acids is 1. The van der Waals surface area contributed by atoms with Crippen LogP contribution in [0.15, 0.2) is 18.2 Å². The standard InChI is InChI=1S/C21H28F3N3O5/c1-14-3-4-16(17(11-14)27-9-10-31-13-18(27)19(28)29)12-25-5-7-26(8-6-25)20(30)32-15(2)21(22,23)24/h3-4,11,15,18H,5-10,12-13H2,1-2H3,(H,28,29). The fourth-order valence-electron chi connectivity index (χ4n) is 3.79. The molecule has 2 unspecified atom stereocenters. The number of carbonyl (C=O) groups excluding carboxylic acids is 1. The Hall–Kier alpha value is -2.53. The lowest BCUT2D eigenvalue weighted by Gasteiger charge is -2.38. The van der Waals surface area contributed by atoms with Crippen molar-refractivity contribution in [1.82, 2.24) is 9.80 Å². The highest BCUT2D eigenvalue weighted by Gasteiger charge is 2.40. The second kappa shape index (κ2) is 9.95. The Bertz CT molecular complexity index is 827. The minimum atomic E-state index is -4.59. The lowest BCUT2D eigenvalue weighted by atomic mass is 10.0. The number of alkyl halides is 3. The maximum absolute atomic E-state index is 12.6. The minimum absolute atomic E-state index is 0.111. The molecule has 0 saturated carbocycles. The number of benzene rings is 1. The van der Waals surface area contributed by atoms with Gasteiger partial charge in [0, 0.05) is 45.0 Å². The van der Waals surface area contributed by atoms with Crippen molar-refractivity contribution in [3.63, 3.8) is 0 Å². The van der Waals surface area contributed by atoms with Crippen molar-refractivity contribution in [2.75, 3.05) is 50.8 Å². The maximum Gasteiger partial charge on any atom is 0.425 e. The Kier molecular flexibility index (Phi) is 7.50. The van der Waals surface area contributed by atoms with Crippen LogP contribution in [0.1, 0.15) is 18.1 Å². The summed E-state index contributed by atoms with van der Waals surface area (Å²) in [6.45, 7) is 5.72. The second-order valence-electron chi connectivity index (χ2n) is 8.09. The zero-order chi connectivity index (χ0) is 23.5. The second-order valence-corrected chi connectivity index (χ2v) is 8.09. The molecule has 0 spiro atoms. The number of hydrogen-bond acceptors (Lipinski definition) is 6. The van der Waals surface area contributed by atoms with Gasteiger partial charge in [-0.05, 0) is 31.0 Å². The van der Waals surface area contributed by atoms with Gasteiger partial charge in [0.05, 0.1) is 13.2 Å². The summed E-state index contributed by atoms with van der Waals surface area (Å²) in [5.41, 5.74) is 2.79. The number of halogens is 3. The highest BCUT2D eigenvalue weighted by Crippen LogP contribution is 2.28. The van der Waals surface area contributed by atoms with Crippen LogP contribution in [0, 0.1) is 6.92 Å². The summed E-state index contributed by atoms with van der Waals surface area (Å²) in [4.78, 5) is 28.9. The molecule has 1 aromatic carbocycles. The van der Waals surface area contributed by atoms with Crippen molar-refractivity contribution in [2.45, 2.75) is 38.7 Å². The molecule has 11 heteroatoms. The molecule has 2 aliphatic heterocycles. The number of aliphatic carboxylic acids is 1. The molecule has 32 heavy (non-hydrogen) atoms. The number of morpholine rings is 1. The quantitative estimate of drug-likeness (QED) is 0.725. The van der Waals surface area contributed by atoms with E-state index in [0.717, 1.165) is 23.7 Å². The zero-order valence-electron chi connectivity index (χ0n) is 18.1. The minimum Gasteiger partial charge on any atom is -0.480 e. The maximum atomic E-state index is 12.6. The Morgan fingerprint density at radius 1 is 1.22 bits per heavy atom. The van der Waals surface area contributed by atoms with E-state index in [4.69, 9.17) is 4.74 Å². The van der Waals surface area contributed by atoms with E-state index in [1.807, 2.05) is 30.0 Å². The fourth-order valence-corrected chi connectivity index (χ4v) is 3.79. The summed E-state index contributed by atoms with van der Waals surface area (Å²) >= 11 is 0. The average molecular weight is 459 g/mol. The number of nitrogens with zero attached hydrogens (tertiary/aromatic N) is 3. The number of piperazine rings is 1. The van der Waals surface area contributed by atoms with Gasteiger partial charge in [-0.25, -0.2) is 9.59 Å². The van der Waals surface area contributed by atoms with E-state index in [0.29, 0.717) is 32.8 Å². The van der Waals surface area contributed by atoms with Crippen molar-refractivity contribution in [3.05, 3.63) is 29.3 Å². The molecule has 0 aliphatic carbocycles. The van der Waals surface area contributed by atoms with E-state index in [1.165, 1.54) is 4.90 Å². The predicted molar refractivity (Wildman–Crippen MR) is 110 cm³/mol. The van der Waals surface area contributed by atoms with Gasteiger partial charge in [0.25, 0.3) is 0 Å². The predicted octanol–water partition coefficient (Wildman–Crippen LogP) is 2.49. The van der Waals surface area contributed by atoms with Gasteiger partial charge < -0.3 is 24.4 Å². The van der Waals surface area contributed by atoms with Gasteiger partial charge in [-0.1, -0.05) is 12.1 Å². The molecule has 0 radical (unpaired) electrons. The van der Waals surface area contributed by atoms with Gasteiger partial charge in [-0.2, -0.15) is 13.2 Å². The van der Waals surface area contributed by atoms with Crippen LogP contribution in [-0.2, 0) is 20.8 Å². The first-order valence-corrected chi connectivity index (χ1v) is 10.5. The van der Waals surface area contributed by atoms with Crippen molar-refractivity contribution in [1.29, 1.82) is 0 Å². The van der Waals surface area contributed by atoms with Gasteiger partial charge in [0.2, 0.25) is 0 Å². The van der Waals surface area contributed by atoms with Crippen LogP contribution in [0.4, 0.5) is 23.7 Å². The molecular weight excluding hydrogens is 431 g/mol. The normalized spacial score (nSPS) is 21.3. The molecule has 1 aromatic rings. The lowest BCUT2D eigenvalue weighted by molar-refractivity contribution is -0.200. The van der Waals surface area contributed by atoms with E-state index >= 15 is 0 Å². The lowest BCUT2D eigenvalue weighted by Crippen LogP contribution is -2.51. The van der Waals surface area contributed by atoms with Crippen LogP contribution in [0.3, 0.4) is 0 Å². The summed E-state index contributed by atoms with van der Waals surface area (Å²) in [7, 11) is 0. The molecule has 3 rings (SSSR count). The molecule has 0 bridgehead atoms. The molecule has 2 heterocycles. The van der Waals surface area contributed by atoms with E-state index in [2.05, 4.69) is 9.64 Å². The number of anilines is 1. The number of amides is 1. The highest BCUT2D eigenvalue weighted by atomic mass is 19.4. The number of aryl methyl sites for hydroxylation is 1. The summed E-state index contributed by atoms with van der Waals surface area (Å²) in [6.07, 6.45) is -7.71. The molecule has 2 saturated heterocycles. The Balaban J connectivity index is 1.64. The molecule has 8 nitrogen and oxygen atoms in total. The van der Waals surface area contributed by atoms with Crippen LogP contribution < -0.4 is 4.90 Å². The van der Waals surface area contributed by atoms with E-state index in [9.17, 15) is 27.9 Å². The molecule has 1 amide bonds. The highest BCUT2D eigenvalue weighted by molar-refractivity contribution is 5.79. The van der Waals surface area contributed by atoms with Crippen molar-refractivity contribution in [2.24, 2.45) is 0 Å². The Morgan fingerprint density at radius 2 is 1.91 bits per heavy atom. The molecule has 1 N–H and O–H groups in total. The number of carboxylic acid groups (broad SMARTS) is 1. The number of hydrogen-bond donors (Lipinski definition) is 1. The summed E-state index contributed by atoms with van der Waals surface area (Å²) in [5.74, 6) is -0.947. The van der Waals surface area contributed by atoms with Crippen molar-refractivity contribution in [3.8, 4) is 0 Å². The van der Waals surface area contributed by atoms with Crippen molar-refractivity contribution < 1.29 is 37.3 Å². The van der Waals surface area contributed by atoms with E-state index in [1.54, 1.807) is 0 Å². The number of ether oxygens (including phenoxy) is 2. The zero-order valence-corrected chi connectivity index (χ0v) is 18.1. The van der Waals surface area contributed by atoms with E-state index < -0.39 is 30.4 Å². The molecule has 2 aliphatic rings. The molecule has 2 fully saturated rings. The first-order chi connectivity index (χ1) is 15.1. The van der Waals surface area contributed by atoms with Gasteiger partial charge in [-0.3, -0.25) is 4.90 Å². The summed E-state index contributed by atoms with van der Waals surface area (Å²) in [6, 6.07) is 5.11. The smallest absolute Gasteiger partial charge is 0.425 e. The average Bonchev–Trinajstić information content (AvgIpc) is 2.74. The van der Waals surface area contributed by atoms with Crippen LogP contribution in [0.5, 0.6) is 0 Å². The monoisotopic (exact) mass is 459 g/mol. The third kappa shape index (κ3) is 5.83. The van der Waals surface area contributed by atoms with Crippen LogP contribution in [0.2, 0.25) is 0 Å². The van der Waals surface area contributed by atoms with Crippen LogP contribution in [-0.4, -0.2) is 91.2 Å². The third-order valence-corrected chi connectivity index (χ3v) is 5.73. The topological polar surface area (TPSA) is 82.5 Å². The molecule has 2 atom stereocenters. The van der Waals surface area contributed by atoms with Gasteiger partial charge >= 0.3 is 18.2 Å². The molecular formula is C21H28F3N3O5. The van der Waals surface area contributed by atoms with Crippen molar-refractivity contribution >= 4 is 17.7 Å². The molecule has 0 aromatic heterocycles. The van der Waals surface area contributed by atoms with Crippen LogP contribution in [0.25, 0.3) is 0 Å². The Labute approximate surface area is 184 Å². The molecule has 178 valence electrons. The number of rotatable bonds is 5. The number of carbonyl (C=O) groups is 2. The first-order valence-electron chi connectivity index (χ1n) is 10.5. The summed E-state index contributed by atoms with van der Waals surface area (Å²) < 4.78 is 47.7.